The van der Waals surface area contributed by atoms with Crippen LogP contribution in [0, 0.1) is 11.3 Å². The van der Waals surface area contributed by atoms with Gasteiger partial charge in [0.15, 0.2) is 11.5 Å². The lowest BCUT2D eigenvalue weighted by Crippen LogP contribution is -2.21. The Balaban J connectivity index is 1.44. The normalized spacial score (nSPS) is 14.3. The van der Waals surface area contributed by atoms with Crippen molar-refractivity contribution in [1.29, 1.82) is 5.26 Å². The Bertz CT molecular complexity index is 1710. The highest BCUT2D eigenvalue weighted by Crippen LogP contribution is 2.45. The van der Waals surface area contributed by atoms with Crippen molar-refractivity contribution in [2.45, 2.75) is 32.1 Å². The lowest BCUT2D eigenvalue weighted by Gasteiger charge is -2.27. The maximum absolute atomic E-state index is 13.0. The second kappa shape index (κ2) is 12.3. The third-order valence-electron chi connectivity index (χ3n) is 6.70. The fourth-order valence-electron chi connectivity index (χ4n) is 4.68. The molecule has 0 spiro atoms. The van der Waals surface area contributed by atoms with E-state index in [4.69, 9.17) is 47.9 Å². The molecule has 5 rings (SSSR count). The molecule has 1 aliphatic heterocycles. The number of ether oxygens (including phenoxy) is 4. The van der Waals surface area contributed by atoms with Crippen LogP contribution >= 0.6 is 34.5 Å². The number of allylic oxidation sites excluding steroid dienone is 1. The van der Waals surface area contributed by atoms with Gasteiger partial charge in [-0.2, -0.15) is 5.26 Å². The fourth-order valence-corrected chi connectivity index (χ4v) is 6.34. The third kappa shape index (κ3) is 5.80. The van der Waals surface area contributed by atoms with Crippen molar-refractivity contribution < 1.29 is 23.7 Å². The zero-order valence-corrected chi connectivity index (χ0v) is 24.7. The molecule has 1 atom stereocenters. The molecular formula is C31H26Cl2N2O5S. The van der Waals surface area contributed by atoms with Crippen LogP contribution in [-0.4, -0.2) is 19.7 Å². The number of nitriles is 1. The van der Waals surface area contributed by atoms with Crippen molar-refractivity contribution in [2.24, 2.45) is 5.73 Å². The van der Waals surface area contributed by atoms with Gasteiger partial charge in [-0.1, -0.05) is 61.2 Å². The van der Waals surface area contributed by atoms with E-state index in [0.29, 0.717) is 39.5 Å². The molecule has 3 aromatic carbocycles. The Morgan fingerprint density at radius 3 is 2.68 bits per heavy atom. The van der Waals surface area contributed by atoms with Crippen LogP contribution in [0.25, 0.3) is 10.1 Å². The smallest absolute Gasteiger partial charge is 0.355 e. The number of rotatable bonds is 9. The molecule has 1 aliphatic rings. The van der Waals surface area contributed by atoms with Crippen molar-refractivity contribution in [2.75, 3.05) is 13.7 Å². The average molecular weight is 610 g/mol. The Labute approximate surface area is 251 Å². The van der Waals surface area contributed by atoms with Gasteiger partial charge in [0.25, 0.3) is 0 Å². The molecule has 0 aliphatic carbocycles. The van der Waals surface area contributed by atoms with E-state index >= 15 is 0 Å². The lowest BCUT2D eigenvalue weighted by molar-refractivity contribution is 0.0740. The van der Waals surface area contributed by atoms with Crippen LogP contribution in [0.3, 0.4) is 0 Å². The molecular weight excluding hydrogens is 583 g/mol. The first-order valence-electron chi connectivity index (χ1n) is 13.0. The number of esters is 1. The predicted octanol–water partition coefficient (Wildman–Crippen LogP) is 8.22. The maximum atomic E-state index is 13.0. The van der Waals surface area contributed by atoms with Gasteiger partial charge >= 0.3 is 5.97 Å². The number of carbonyl (C=O) groups is 1. The van der Waals surface area contributed by atoms with E-state index in [9.17, 15) is 10.1 Å². The SMILES string of the molecule is CCCCCOc1ccc(C2C(C#N)=C(N)Oc3cc(OC(=O)c4sc5cc(Cl)ccc5c4Cl)ccc32)cc1OC. The van der Waals surface area contributed by atoms with E-state index in [0.717, 1.165) is 34.9 Å². The fraction of sp³-hybridized carbons (Fsp3) is 0.226. The van der Waals surface area contributed by atoms with Gasteiger partial charge in [0.1, 0.15) is 28.0 Å². The summed E-state index contributed by atoms with van der Waals surface area (Å²) >= 11 is 13.8. The average Bonchev–Trinajstić information content (AvgIpc) is 3.29. The molecule has 210 valence electrons. The number of nitrogens with zero attached hydrogens (tertiary/aromatic N) is 1. The molecule has 0 fully saturated rings. The molecule has 41 heavy (non-hydrogen) atoms. The molecule has 0 bridgehead atoms. The number of halogens is 2. The molecule has 4 aromatic rings. The van der Waals surface area contributed by atoms with Crippen molar-refractivity contribution in [3.8, 4) is 29.1 Å². The molecule has 2 N–H and O–H groups in total. The van der Waals surface area contributed by atoms with Crippen LogP contribution in [0.4, 0.5) is 0 Å². The summed E-state index contributed by atoms with van der Waals surface area (Å²) in [4.78, 5) is 13.3. The summed E-state index contributed by atoms with van der Waals surface area (Å²) < 4.78 is 23.8. The summed E-state index contributed by atoms with van der Waals surface area (Å²) in [5.41, 5.74) is 7.90. The summed E-state index contributed by atoms with van der Waals surface area (Å²) in [7, 11) is 1.57. The minimum absolute atomic E-state index is 0.0308. The molecule has 7 nitrogen and oxygen atoms in total. The number of thiophene rings is 1. The molecule has 2 heterocycles. The molecule has 0 saturated carbocycles. The van der Waals surface area contributed by atoms with Gasteiger partial charge in [0.05, 0.1) is 24.7 Å². The molecule has 0 radical (unpaired) electrons. The zero-order valence-electron chi connectivity index (χ0n) is 22.3. The summed E-state index contributed by atoms with van der Waals surface area (Å²) in [6, 6.07) is 17.9. The second-order valence-electron chi connectivity index (χ2n) is 9.37. The van der Waals surface area contributed by atoms with Crippen LogP contribution in [-0.2, 0) is 0 Å². The quantitative estimate of drug-likeness (QED) is 0.116. The minimum Gasteiger partial charge on any atom is -0.493 e. The van der Waals surface area contributed by atoms with Gasteiger partial charge < -0.3 is 24.7 Å². The molecule has 1 aromatic heterocycles. The summed E-state index contributed by atoms with van der Waals surface area (Å²) in [5.74, 6) is 0.607. The van der Waals surface area contributed by atoms with Crippen LogP contribution in [0.1, 0.15) is 52.9 Å². The van der Waals surface area contributed by atoms with E-state index in [2.05, 4.69) is 13.0 Å². The highest BCUT2D eigenvalue weighted by Gasteiger charge is 2.32. The summed E-state index contributed by atoms with van der Waals surface area (Å²) in [5, 5.41) is 11.5. The van der Waals surface area contributed by atoms with Gasteiger partial charge in [-0.3, -0.25) is 0 Å². The van der Waals surface area contributed by atoms with E-state index in [1.54, 1.807) is 43.5 Å². The van der Waals surface area contributed by atoms with E-state index in [1.165, 1.54) is 11.3 Å². The van der Waals surface area contributed by atoms with Gasteiger partial charge in [-0.15, -0.1) is 11.3 Å². The van der Waals surface area contributed by atoms with E-state index < -0.39 is 11.9 Å². The van der Waals surface area contributed by atoms with Gasteiger partial charge in [-0.05, 0) is 42.3 Å². The zero-order chi connectivity index (χ0) is 29.1. The number of hydrogen-bond donors (Lipinski definition) is 1. The van der Waals surface area contributed by atoms with Gasteiger partial charge in [0, 0.05) is 26.7 Å². The predicted molar refractivity (Wildman–Crippen MR) is 161 cm³/mol. The Hall–Kier alpha value is -3.90. The maximum Gasteiger partial charge on any atom is 0.355 e. The highest BCUT2D eigenvalue weighted by atomic mass is 35.5. The standard InChI is InChI=1S/C31H26Cl2N2O5S/c1-3-4-5-12-38-23-11-6-17(13-25(23)37-2)27-20-10-8-19(15-24(20)40-30(35)22(27)16-34)39-31(36)29-28(33)21-9-7-18(32)14-26(21)41-29/h6-11,13-15,27H,3-5,12,35H2,1-2H3. The topological polar surface area (TPSA) is 104 Å². The largest absolute Gasteiger partial charge is 0.493 e. The molecule has 1 unspecified atom stereocenters. The Kier molecular flexibility index (Phi) is 8.60. The van der Waals surface area contributed by atoms with Crippen LogP contribution < -0.4 is 24.7 Å². The summed E-state index contributed by atoms with van der Waals surface area (Å²) in [6.07, 6.45) is 3.13. The van der Waals surface area contributed by atoms with Gasteiger partial charge in [0.2, 0.25) is 5.88 Å². The second-order valence-corrected chi connectivity index (χ2v) is 11.2. The van der Waals surface area contributed by atoms with Gasteiger partial charge in [-0.25, -0.2) is 4.79 Å². The first kappa shape index (κ1) is 28.6. The van der Waals surface area contributed by atoms with Crippen molar-refractivity contribution in [3.05, 3.63) is 92.1 Å². The van der Waals surface area contributed by atoms with Crippen LogP contribution in [0.5, 0.6) is 23.0 Å². The first-order chi connectivity index (χ1) is 19.8. The first-order valence-corrected chi connectivity index (χ1v) is 14.5. The lowest BCUT2D eigenvalue weighted by atomic mass is 9.83. The van der Waals surface area contributed by atoms with Crippen molar-refractivity contribution in [3.63, 3.8) is 0 Å². The van der Waals surface area contributed by atoms with E-state index in [-0.39, 0.29) is 22.1 Å². The monoisotopic (exact) mass is 608 g/mol. The number of unbranched alkanes of at least 4 members (excludes halogenated alkanes) is 2. The Morgan fingerprint density at radius 1 is 1.10 bits per heavy atom. The minimum atomic E-state index is -0.611. The van der Waals surface area contributed by atoms with E-state index in [1.807, 2.05) is 18.2 Å². The number of nitrogens with two attached hydrogens (primary N) is 1. The highest BCUT2D eigenvalue weighted by molar-refractivity contribution is 7.21. The van der Waals surface area contributed by atoms with Crippen molar-refractivity contribution in [1.82, 2.24) is 0 Å². The van der Waals surface area contributed by atoms with Crippen molar-refractivity contribution >= 4 is 50.6 Å². The number of fused-ring (bicyclic) bond motifs is 2. The molecule has 0 amide bonds. The molecule has 10 heteroatoms. The van der Waals surface area contributed by atoms with Crippen LogP contribution in [0.2, 0.25) is 10.0 Å². The number of benzene rings is 3. The van der Waals surface area contributed by atoms with Crippen LogP contribution in [0.15, 0.2) is 66.1 Å². The summed E-state index contributed by atoms with van der Waals surface area (Å²) in [6.45, 7) is 2.72. The third-order valence-corrected chi connectivity index (χ3v) is 8.58. The molecule has 0 saturated heterocycles. The number of methoxy groups -OCH3 is 1. The number of carbonyl (C=O) groups excluding carboxylic acids is 1. The number of hydrogen-bond acceptors (Lipinski definition) is 8. The Morgan fingerprint density at radius 2 is 1.93 bits per heavy atom.